The number of rotatable bonds is 1. The molecule has 2 atom stereocenters. The van der Waals surface area contributed by atoms with Crippen molar-refractivity contribution >= 4 is 40.1 Å². The summed E-state index contributed by atoms with van der Waals surface area (Å²) in [6.45, 7) is 4.13. The van der Waals surface area contributed by atoms with Crippen LogP contribution in [0.3, 0.4) is 0 Å². The van der Waals surface area contributed by atoms with E-state index >= 15 is 0 Å². The second-order valence-electron chi connectivity index (χ2n) is 5.73. The monoisotopic (exact) mass is 323 g/mol. The minimum atomic E-state index is -0.932. The first-order chi connectivity index (χ1) is 9.91. The number of carboxylic acid groups (broad SMARTS) is 1. The Morgan fingerprint density at radius 2 is 1.90 bits per heavy atom. The summed E-state index contributed by atoms with van der Waals surface area (Å²) in [4.78, 5) is 16.5. The standard InChI is InChI=1S/C16H15Cl2NO2/c1-7-3-4-8(2)14-11(7)12(16(20)21)9-5-6-10(17)13(18)15(9)19-14/h5-8H,3-4H2,1-2H3,(H,20,21). The molecule has 1 aliphatic carbocycles. The molecule has 0 spiro atoms. The van der Waals surface area contributed by atoms with Crippen molar-refractivity contribution in [3.05, 3.63) is 39.0 Å². The van der Waals surface area contributed by atoms with Crippen LogP contribution in [0.15, 0.2) is 12.1 Å². The molecule has 5 heteroatoms. The molecule has 3 nitrogen and oxygen atoms in total. The maximum absolute atomic E-state index is 11.8. The molecule has 1 heterocycles. The van der Waals surface area contributed by atoms with E-state index in [0.29, 0.717) is 26.5 Å². The molecule has 21 heavy (non-hydrogen) atoms. The number of hydrogen-bond acceptors (Lipinski definition) is 2. The molecule has 0 fully saturated rings. The van der Waals surface area contributed by atoms with Crippen LogP contribution in [0.25, 0.3) is 10.9 Å². The van der Waals surface area contributed by atoms with E-state index in [9.17, 15) is 9.90 Å². The van der Waals surface area contributed by atoms with Gasteiger partial charge in [0.1, 0.15) is 0 Å². The molecule has 110 valence electrons. The average Bonchev–Trinajstić information content (AvgIpc) is 2.45. The third kappa shape index (κ3) is 2.19. The summed E-state index contributed by atoms with van der Waals surface area (Å²) in [6, 6.07) is 3.33. The Hall–Kier alpha value is -1.32. The molecular weight excluding hydrogens is 309 g/mol. The van der Waals surface area contributed by atoms with Gasteiger partial charge in [-0.25, -0.2) is 4.79 Å². The first kappa shape index (κ1) is 14.6. The van der Waals surface area contributed by atoms with Crippen molar-refractivity contribution in [3.8, 4) is 0 Å². The predicted octanol–water partition coefficient (Wildman–Crippen LogP) is 5.24. The Balaban J connectivity index is 2.49. The number of nitrogens with zero attached hydrogens (tertiary/aromatic N) is 1. The number of pyridine rings is 1. The van der Waals surface area contributed by atoms with Crippen LogP contribution in [0.1, 0.15) is 60.1 Å². The molecule has 0 amide bonds. The Morgan fingerprint density at radius 3 is 2.57 bits per heavy atom. The van der Waals surface area contributed by atoms with E-state index in [4.69, 9.17) is 23.2 Å². The molecule has 3 rings (SSSR count). The zero-order chi connectivity index (χ0) is 15.3. The van der Waals surface area contributed by atoms with E-state index in [-0.39, 0.29) is 11.8 Å². The van der Waals surface area contributed by atoms with Crippen LogP contribution in [0, 0.1) is 0 Å². The zero-order valence-electron chi connectivity index (χ0n) is 11.8. The van der Waals surface area contributed by atoms with E-state index in [1.807, 2.05) is 0 Å². The molecule has 1 aromatic carbocycles. The van der Waals surface area contributed by atoms with Gasteiger partial charge in [0.25, 0.3) is 0 Å². The van der Waals surface area contributed by atoms with Crippen molar-refractivity contribution in [2.75, 3.05) is 0 Å². The van der Waals surface area contributed by atoms with Gasteiger partial charge in [-0.1, -0.05) is 43.1 Å². The quantitative estimate of drug-likeness (QED) is 0.780. The number of benzene rings is 1. The van der Waals surface area contributed by atoms with Crippen LogP contribution in [-0.4, -0.2) is 16.1 Å². The van der Waals surface area contributed by atoms with Crippen LogP contribution in [0.5, 0.6) is 0 Å². The highest BCUT2D eigenvalue weighted by Crippen LogP contribution is 2.43. The van der Waals surface area contributed by atoms with E-state index in [1.165, 1.54) is 0 Å². The van der Waals surface area contributed by atoms with Gasteiger partial charge in [0.05, 0.1) is 21.1 Å². The maximum atomic E-state index is 11.8. The zero-order valence-corrected chi connectivity index (χ0v) is 13.3. The summed E-state index contributed by atoms with van der Waals surface area (Å²) in [5.41, 5.74) is 2.52. The Morgan fingerprint density at radius 1 is 1.24 bits per heavy atom. The van der Waals surface area contributed by atoms with E-state index in [1.54, 1.807) is 12.1 Å². The van der Waals surface area contributed by atoms with Crippen molar-refractivity contribution in [1.29, 1.82) is 0 Å². The molecule has 2 unspecified atom stereocenters. The minimum Gasteiger partial charge on any atom is -0.478 e. The van der Waals surface area contributed by atoms with Gasteiger partial charge in [-0.3, -0.25) is 4.98 Å². The van der Waals surface area contributed by atoms with E-state index < -0.39 is 5.97 Å². The van der Waals surface area contributed by atoms with Gasteiger partial charge in [-0.05, 0) is 36.3 Å². The fraction of sp³-hybridized carbons (Fsp3) is 0.375. The van der Waals surface area contributed by atoms with Crippen molar-refractivity contribution in [2.45, 2.75) is 38.5 Å². The van der Waals surface area contributed by atoms with Gasteiger partial charge in [0, 0.05) is 11.1 Å². The fourth-order valence-corrected chi connectivity index (χ4v) is 3.55. The largest absolute Gasteiger partial charge is 0.478 e. The number of carbonyl (C=O) groups is 1. The van der Waals surface area contributed by atoms with E-state index in [2.05, 4.69) is 18.8 Å². The normalized spacial score (nSPS) is 21.3. The van der Waals surface area contributed by atoms with Crippen molar-refractivity contribution in [1.82, 2.24) is 4.98 Å². The second kappa shape index (κ2) is 5.15. The van der Waals surface area contributed by atoms with Gasteiger partial charge in [0.2, 0.25) is 0 Å². The highest BCUT2D eigenvalue weighted by molar-refractivity contribution is 6.45. The lowest BCUT2D eigenvalue weighted by Crippen LogP contribution is -2.18. The predicted molar refractivity (Wildman–Crippen MR) is 84.8 cm³/mol. The smallest absolute Gasteiger partial charge is 0.336 e. The van der Waals surface area contributed by atoms with Gasteiger partial charge in [-0.15, -0.1) is 0 Å². The number of halogens is 2. The second-order valence-corrected chi connectivity index (χ2v) is 6.51. The summed E-state index contributed by atoms with van der Waals surface area (Å²) < 4.78 is 0. The summed E-state index contributed by atoms with van der Waals surface area (Å²) >= 11 is 12.3. The number of aromatic nitrogens is 1. The molecule has 1 aromatic heterocycles. The molecule has 0 aliphatic heterocycles. The Bertz CT molecular complexity index is 758. The molecule has 1 N–H and O–H groups in total. The number of hydrogen-bond donors (Lipinski definition) is 1. The lowest BCUT2D eigenvalue weighted by molar-refractivity contribution is 0.0696. The van der Waals surface area contributed by atoms with Crippen LogP contribution in [0.2, 0.25) is 10.0 Å². The number of carboxylic acids is 1. The summed E-state index contributed by atoms with van der Waals surface area (Å²) in [5, 5.41) is 11.0. The van der Waals surface area contributed by atoms with Crippen LogP contribution in [-0.2, 0) is 0 Å². The van der Waals surface area contributed by atoms with Crippen LogP contribution in [0.4, 0.5) is 0 Å². The minimum absolute atomic E-state index is 0.189. The molecular formula is C16H15Cl2NO2. The third-order valence-corrected chi connectivity index (χ3v) is 5.12. The summed E-state index contributed by atoms with van der Waals surface area (Å²) in [7, 11) is 0. The highest BCUT2D eigenvalue weighted by Gasteiger charge is 2.30. The number of aromatic carboxylic acids is 1. The lowest BCUT2D eigenvalue weighted by Gasteiger charge is -2.29. The third-order valence-electron chi connectivity index (χ3n) is 4.32. The van der Waals surface area contributed by atoms with E-state index in [0.717, 1.165) is 24.1 Å². The average molecular weight is 324 g/mol. The maximum Gasteiger partial charge on any atom is 0.336 e. The molecule has 0 saturated heterocycles. The van der Waals surface area contributed by atoms with Crippen molar-refractivity contribution < 1.29 is 9.90 Å². The molecule has 0 bridgehead atoms. The van der Waals surface area contributed by atoms with Gasteiger partial charge in [0.15, 0.2) is 0 Å². The van der Waals surface area contributed by atoms with Crippen molar-refractivity contribution in [3.63, 3.8) is 0 Å². The number of fused-ring (bicyclic) bond motifs is 2. The SMILES string of the molecule is CC1CCC(C)c2c1nc1c(Cl)c(Cl)ccc1c2C(=O)O. The topological polar surface area (TPSA) is 50.2 Å². The van der Waals surface area contributed by atoms with Gasteiger partial charge < -0.3 is 5.11 Å². The lowest BCUT2D eigenvalue weighted by atomic mass is 9.78. The Kier molecular flexibility index (Phi) is 3.58. The van der Waals surface area contributed by atoms with Crippen LogP contribution >= 0.6 is 23.2 Å². The Labute approximate surface area is 132 Å². The van der Waals surface area contributed by atoms with Gasteiger partial charge in [-0.2, -0.15) is 0 Å². The highest BCUT2D eigenvalue weighted by atomic mass is 35.5. The fourth-order valence-electron chi connectivity index (χ4n) is 3.19. The first-order valence-electron chi connectivity index (χ1n) is 6.96. The summed E-state index contributed by atoms with van der Waals surface area (Å²) in [5.74, 6) is -0.514. The van der Waals surface area contributed by atoms with Crippen LogP contribution < -0.4 is 0 Å². The summed E-state index contributed by atoms with van der Waals surface area (Å²) in [6.07, 6.45) is 1.98. The molecule has 0 radical (unpaired) electrons. The first-order valence-corrected chi connectivity index (χ1v) is 7.72. The van der Waals surface area contributed by atoms with Gasteiger partial charge >= 0.3 is 5.97 Å². The molecule has 0 saturated carbocycles. The molecule has 1 aliphatic rings. The van der Waals surface area contributed by atoms with Crippen molar-refractivity contribution in [2.24, 2.45) is 0 Å². The molecule has 2 aromatic rings.